The summed E-state index contributed by atoms with van der Waals surface area (Å²) in [5, 5.41) is 9.04. The lowest BCUT2D eigenvalue weighted by atomic mass is 10.3. The molecule has 4 nitrogen and oxygen atoms in total. The third-order valence-corrected chi connectivity index (χ3v) is 1.84. The lowest BCUT2D eigenvalue weighted by molar-refractivity contribution is -0.136. The molecule has 1 aromatic carbocycles. The Kier molecular flexibility index (Phi) is 3.48. The first-order valence-corrected chi connectivity index (χ1v) is 4.20. The first-order chi connectivity index (χ1) is 6.63. The van der Waals surface area contributed by atoms with Crippen molar-refractivity contribution in [1.29, 1.82) is 0 Å². The number of anilines is 1. The molecule has 0 saturated carbocycles. The molecule has 0 bridgehead atoms. The van der Waals surface area contributed by atoms with Gasteiger partial charge in [-0.3, -0.25) is 9.59 Å². The van der Waals surface area contributed by atoms with E-state index in [1.165, 1.54) is 0 Å². The summed E-state index contributed by atoms with van der Waals surface area (Å²) in [6, 6.07) is 6.35. The maximum absolute atomic E-state index is 10.6. The van der Waals surface area contributed by atoms with E-state index in [0.717, 1.165) is 4.90 Å². The van der Waals surface area contributed by atoms with Crippen LogP contribution in [0.15, 0.2) is 24.3 Å². The van der Waals surface area contributed by atoms with Crippen LogP contribution in [0.4, 0.5) is 5.69 Å². The maximum Gasteiger partial charge on any atom is 0.323 e. The van der Waals surface area contributed by atoms with E-state index in [4.69, 9.17) is 16.7 Å². The summed E-state index contributed by atoms with van der Waals surface area (Å²) in [6.07, 6.45) is 0.470. The number of carboxylic acids is 1. The molecule has 0 heterocycles. The van der Waals surface area contributed by atoms with Gasteiger partial charge in [0.1, 0.15) is 6.54 Å². The van der Waals surface area contributed by atoms with Crippen LogP contribution < -0.4 is 4.90 Å². The van der Waals surface area contributed by atoms with Crippen LogP contribution in [0.1, 0.15) is 0 Å². The number of rotatable bonds is 4. The summed E-state index contributed by atoms with van der Waals surface area (Å²) in [4.78, 5) is 22.0. The SMILES string of the molecule is O=CN(CC(=O)O)c1ccc(Cl)cc1. The molecule has 1 N–H and O–H groups in total. The number of carbonyl (C=O) groups is 2. The molecule has 5 heteroatoms. The minimum absolute atomic E-state index is 0.356. The molecule has 0 spiro atoms. The van der Waals surface area contributed by atoms with Gasteiger partial charge in [-0.05, 0) is 24.3 Å². The van der Waals surface area contributed by atoms with Crippen molar-refractivity contribution < 1.29 is 14.7 Å². The Hall–Kier alpha value is -1.55. The number of hydrogen-bond donors (Lipinski definition) is 1. The molecule has 1 rings (SSSR count). The normalized spacial score (nSPS) is 9.50. The molecule has 0 aliphatic heterocycles. The highest BCUT2D eigenvalue weighted by molar-refractivity contribution is 6.30. The molecule has 1 aromatic rings. The predicted molar refractivity (Wildman–Crippen MR) is 52.5 cm³/mol. The summed E-state index contributed by atoms with van der Waals surface area (Å²) in [7, 11) is 0. The Morgan fingerprint density at radius 3 is 2.43 bits per heavy atom. The first kappa shape index (κ1) is 10.5. The van der Waals surface area contributed by atoms with Gasteiger partial charge in [-0.25, -0.2) is 0 Å². The summed E-state index contributed by atoms with van der Waals surface area (Å²) in [5.41, 5.74) is 0.506. The summed E-state index contributed by atoms with van der Waals surface area (Å²) in [6.45, 7) is -0.356. The zero-order chi connectivity index (χ0) is 10.6. The standard InChI is InChI=1S/C9H8ClNO3/c10-7-1-3-8(4-2-7)11(6-12)5-9(13)14/h1-4,6H,5H2,(H,13,14). The molecule has 0 saturated heterocycles. The number of halogens is 1. The quantitative estimate of drug-likeness (QED) is 0.769. The average Bonchev–Trinajstić information content (AvgIpc) is 2.15. The zero-order valence-electron chi connectivity index (χ0n) is 7.18. The molecular formula is C9H8ClNO3. The Morgan fingerprint density at radius 2 is 2.00 bits per heavy atom. The van der Waals surface area contributed by atoms with Gasteiger partial charge in [0.25, 0.3) is 0 Å². The van der Waals surface area contributed by atoms with Gasteiger partial charge in [-0.15, -0.1) is 0 Å². The summed E-state index contributed by atoms with van der Waals surface area (Å²) in [5.74, 6) is -1.06. The number of carboxylic acid groups (broad SMARTS) is 1. The van der Waals surface area contributed by atoms with Crippen LogP contribution in [0.2, 0.25) is 5.02 Å². The molecule has 14 heavy (non-hydrogen) atoms. The molecule has 0 fully saturated rings. The second-order valence-corrected chi connectivity index (χ2v) is 3.04. The molecule has 0 aliphatic rings. The number of amides is 1. The monoisotopic (exact) mass is 213 g/mol. The van der Waals surface area contributed by atoms with E-state index in [9.17, 15) is 9.59 Å². The topological polar surface area (TPSA) is 57.6 Å². The average molecular weight is 214 g/mol. The molecule has 0 aliphatic carbocycles. The zero-order valence-corrected chi connectivity index (χ0v) is 7.94. The van der Waals surface area contributed by atoms with E-state index >= 15 is 0 Å². The Balaban J connectivity index is 2.84. The highest BCUT2D eigenvalue weighted by atomic mass is 35.5. The molecule has 1 amide bonds. The van der Waals surface area contributed by atoms with Crippen molar-refractivity contribution in [3.63, 3.8) is 0 Å². The third kappa shape index (κ3) is 2.74. The second kappa shape index (κ2) is 4.62. The fourth-order valence-corrected chi connectivity index (χ4v) is 1.09. The number of benzene rings is 1. The van der Waals surface area contributed by atoms with E-state index in [2.05, 4.69) is 0 Å². The minimum atomic E-state index is -1.06. The Morgan fingerprint density at radius 1 is 1.43 bits per heavy atom. The smallest absolute Gasteiger partial charge is 0.323 e. The molecule has 0 aromatic heterocycles. The Bertz CT molecular complexity index is 336. The molecular weight excluding hydrogens is 206 g/mol. The Labute approximate surface area is 85.7 Å². The molecule has 0 atom stereocenters. The van der Waals surface area contributed by atoms with Gasteiger partial charge in [0.2, 0.25) is 6.41 Å². The van der Waals surface area contributed by atoms with Gasteiger partial charge < -0.3 is 10.0 Å². The van der Waals surface area contributed by atoms with Crippen molar-refractivity contribution in [2.24, 2.45) is 0 Å². The lowest BCUT2D eigenvalue weighted by Crippen LogP contribution is -2.27. The van der Waals surface area contributed by atoms with E-state index in [-0.39, 0.29) is 6.54 Å². The predicted octanol–water partition coefficient (Wildman–Crippen LogP) is 1.39. The molecule has 0 unspecified atom stereocenters. The first-order valence-electron chi connectivity index (χ1n) is 3.83. The van der Waals surface area contributed by atoms with Crippen molar-refractivity contribution in [3.8, 4) is 0 Å². The fourth-order valence-electron chi connectivity index (χ4n) is 0.968. The van der Waals surface area contributed by atoms with Crippen LogP contribution in [0.3, 0.4) is 0 Å². The van der Waals surface area contributed by atoms with Gasteiger partial charge in [-0.1, -0.05) is 11.6 Å². The van der Waals surface area contributed by atoms with Crippen LogP contribution in [0, 0.1) is 0 Å². The van der Waals surface area contributed by atoms with Gasteiger partial charge >= 0.3 is 5.97 Å². The van der Waals surface area contributed by atoms with E-state index in [1.54, 1.807) is 24.3 Å². The third-order valence-electron chi connectivity index (χ3n) is 1.59. The van der Waals surface area contributed by atoms with Gasteiger partial charge in [0.05, 0.1) is 0 Å². The van der Waals surface area contributed by atoms with E-state index < -0.39 is 5.97 Å². The number of carbonyl (C=O) groups excluding carboxylic acids is 1. The van der Waals surface area contributed by atoms with Crippen LogP contribution in [-0.2, 0) is 9.59 Å². The van der Waals surface area contributed by atoms with Crippen LogP contribution in [0.5, 0.6) is 0 Å². The highest BCUT2D eigenvalue weighted by Gasteiger charge is 2.08. The van der Waals surface area contributed by atoms with Crippen LogP contribution >= 0.6 is 11.6 Å². The lowest BCUT2D eigenvalue weighted by Gasteiger charge is -2.14. The number of hydrogen-bond acceptors (Lipinski definition) is 2. The van der Waals surface area contributed by atoms with Crippen LogP contribution in [0.25, 0.3) is 0 Å². The molecule has 74 valence electrons. The summed E-state index contributed by atoms with van der Waals surface area (Å²) >= 11 is 5.64. The van der Waals surface area contributed by atoms with Gasteiger partial charge in [0, 0.05) is 10.7 Å². The van der Waals surface area contributed by atoms with Crippen LogP contribution in [-0.4, -0.2) is 24.0 Å². The number of aliphatic carboxylic acids is 1. The maximum atomic E-state index is 10.6. The highest BCUT2D eigenvalue weighted by Crippen LogP contribution is 2.16. The molecule has 0 radical (unpaired) electrons. The van der Waals surface area contributed by atoms with E-state index in [1.807, 2.05) is 0 Å². The largest absolute Gasteiger partial charge is 0.480 e. The fraction of sp³-hybridized carbons (Fsp3) is 0.111. The van der Waals surface area contributed by atoms with Gasteiger partial charge in [-0.2, -0.15) is 0 Å². The van der Waals surface area contributed by atoms with Gasteiger partial charge in [0.15, 0.2) is 0 Å². The second-order valence-electron chi connectivity index (χ2n) is 2.60. The van der Waals surface area contributed by atoms with Crippen molar-refractivity contribution in [3.05, 3.63) is 29.3 Å². The number of nitrogens with zero attached hydrogens (tertiary/aromatic N) is 1. The van der Waals surface area contributed by atoms with Crippen molar-refractivity contribution in [2.75, 3.05) is 11.4 Å². The van der Waals surface area contributed by atoms with Crippen molar-refractivity contribution in [2.45, 2.75) is 0 Å². The minimum Gasteiger partial charge on any atom is -0.480 e. The van der Waals surface area contributed by atoms with E-state index in [0.29, 0.717) is 17.1 Å². The van der Waals surface area contributed by atoms with Crippen molar-refractivity contribution >= 4 is 29.7 Å². The summed E-state index contributed by atoms with van der Waals surface area (Å²) < 4.78 is 0. The van der Waals surface area contributed by atoms with Crippen molar-refractivity contribution in [1.82, 2.24) is 0 Å².